The molecule has 1 aromatic heterocycles. The van der Waals surface area contributed by atoms with Crippen LogP contribution in [0.3, 0.4) is 0 Å². The van der Waals surface area contributed by atoms with Gasteiger partial charge in [0.15, 0.2) is 0 Å². The number of hydrogen-bond donors (Lipinski definition) is 1. The van der Waals surface area contributed by atoms with Crippen molar-refractivity contribution in [2.24, 2.45) is 7.05 Å². The van der Waals surface area contributed by atoms with Gasteiger partial charge >= 0.3 is 0 Å². The van der Waals surface area contributed by atoms with Crippen LogP contribution in [-0.2, 0) is 20.1 Å². The topological polar surface area (TPSA) is 42.7 Å². The summed E-state index contributed by atoms with van der Waals surface area (Å²) in [6.45, 7) is 1.27. The highest BCUT2D eigenvalue weighted by Gasteiger charge is 2.05. The Bertz CT molecular complexity index is 513. The highest BCUT2D eigenvalue weighted by Crippen LogP contribution is 2.25. The van der Waals surface area contributed by atoms with Gasteiger partial charge in [-0.1, -0.05) is 23.9 Å². The van der Waals surface area contributed by atoms with E-state index in [-0.39, 0.29) is 0 Å². The molecule has 0 saturated carbocycles. The Hall–Kier alpha value is -1.47. The third-order valence-electron chi connectivity index (χ3n) is 2.57. The molecule has 0 aliphatic rings. The van der Waals surface area contributed by atoms with Gasteiger partial charge in [-0.15, -0.1) is 10.2 Å². The van der Waals surface area contributed by atoms with Crippen molar-refractivity contribution in [1.29, 1.82) is 0 Å². The molecule has 0 bridgehead atoms. The van der Waals surface area contributed by atoms with Crippen LogP contribution in [0.1, 0.15) is 11.4 Å². The van der Waals surface area contributed by atoms with Gasteiger partial charge in [0.25, 0.3) is 5.76 Å². The third kappa shape index (κ3) is 4.29. The Morgan fingerprint density at radius 2 is 2.00 bits per heavy atom. The first-order chi connectivity index (χ1) is 9.15. The second-order valence-corrected chi connectivity index (χ2v) is 5.05. The minimum absolute atomic E-state index is 0.556. The highest BCUT2D eigenvalue weighted by molar-refractivity contribution is 7.99. The van der Waals surface area contributed by atoms with Gasteiger partial charge in [-0.05, 0) is 17.7 Å². The van der Waals surface area contributed by atoms with Crippen molar-refractivity contribution in [3.63, 3.8) is 0 Å². The Morgan fingerprint density at radius 3 is 2.58 bits per heavy atom. The second kappa shape index (κ2) is 6.63. The quantitative estimate of drug-likeness (QED) is 0.827. The molecule has 2 rings (SSSR count). The van der Waals surface area contributed by atoms with Crippen LogP contribution in [0.5, 0.6) is 0 Å². The Kier molecular flexibility index (Phi) is 4.86. The van der Waals surface area contributed by atoms with Gasteiger partial charge in [0, 0.05) is 18.5 Å². The number of hydrogen-bond acceptors (Lipinski definition) is 4. The van der Waals surface area contributed by atoms with E-state index in [1.54, 1.807) is 18.5 Å². The maximum atomic E-state index is 12.2. The van der Waals surface area contributed by atoms with Crippen molar-refractivity contribution in [2.45, 2.75) is 23.7 Å². The lowest BCUT2D eigenvalue weighted by Crippen LogP contribution is -2.15. The summed E-state index contributed by atoms with van der Waals surface area (Å²) >= 11 is 0.556. The molecule has 0 spiro atoms. The van der Waals surface area contributed by atoms with Crippen molar-refractivity contribution in [1.82, 2.24) is 20.1 Å². The van der Waals surface area contributed by atoms with Crippen LogP contribution in [0.15, 0.2) is 35.5 Å². The van der Waals surface area contributed by atoms with Crippen molar-refractivity contribution in [3.05, 3.63) is 42.0 Å². The number of rotatable bonds is 6. The van der Waals surface area contributed by atoms with Crippen molar-refractivity contribution >= 4 is 11.8 Å². The van der Waals surface area contributed by atoms with Crippen LogP contribution >= 0.6 is 11.8 Å². The molecule has 7 heteroatoms. The Morgan fingerprint density at radius 1 is 1.26 bits per heavy atom. The number of thioether (sulfide) groups is 1. The smallest absolute Gasteiger partial charge is 0.288 e. The SMILES string of the molecule is Cn1cnnc1CNCc1ccc(SC(F)F)cc1. The number of nitrogens with one attached hydrogen (secondary N) is 1. The molecule has 4 nitrogen and oxygen atoms in total. The van der Waals surface area contributed by atoms with E-state index in [2.05, 4.69) is 15.5 Å². The molecule has 0 aliphatic carbocycles. The summed E-state index contributed by atoms with van der Waals surface area (Å²) in [5.41, 5.74) is 1.04. The van der Waals surface area contributed by atoms with Crippen LogP contribution in [0, 0.1) is 0 Å². The van der Waals surface area contributed by atoms with E-state index in [1.807, 2.05) is 23.7 Å². The predicted octanol–water partition coefficient (Wildman–Crippen LogP) is 2.42. The van der Waals surface area contributed by atoms with Crippen molar-refractivity contribution in [2.75, 3.05) is 0 Å². The standard InChI is InChI=1S/C12H14F2N4S/c1-18-8-16-17-11(18)7-15-6-9-2-4-10(5-3-9)19-12(13)14/h2-5,8,12,15H,6-7H2,1H3. The van der Waals surface area contributed by atoms with Crippen molar-refractivity contribution < 1.29 is 8.78 Å². The Balaban J connectivity index is 1.81. The fourth-order valence-corrected chi connectivity index (χ4v) is 2.07. The molecular weight excluding hydrogens is 270 g/mol. The van der Waals surface area contributed by atoms with Gasteiger partial charge < -0.3 is 9.88 Å². The molecule has 0 radical (unpaired) electrons. The molecule has 102 valence electrons. The summed E-state index contributed by atoms with van der Waals surface area (Å²) < 4.78 is 26.2. The van der Waals surface area contributed by atoms with E-state index < -0.39 is 5.76 Å². The maximum Gasteiger partial charge on any atom is 0.288 e. The van der Waals surface area contributed by atoms with E-state index in [9.17, 15) is 8.78 Å². The first-order valence-corrected chi connectivity index (χ1v) is 6.60. The van der Waals surface area contributed by atoms with Gasteiger partial charge in [-0.25, -0.2) is 0 Å². The molecule has 0 fully saturated rings. The average Bonchev–Trinajstić information content (AvgIpc) is 2.77. The molecule has 0 aliphatic heterocycles. The van der Waals surface area contributed by atoms with Gasteiger partial charge in [-0.3, -0.25) is 0 Å². The average molecular weight is 284 g/mol. The number of alkyl halides is 2. The van der Waals surface area contributed by atoms with Gasteiger partial charge in [0.1, 0.15) is 12.2 Å². The minimum atomic E-state index is -2.38. The fraction of sp³-hybridized carbons (Fsp3) is 0.333. The normalized spacial score (nSPS) is 11.2. The molecule has 2 aromatic rings. The minimum Gasteiger partial charge on any atom is -0.320 e. The molecule has 0 atom stereocenters. The summed E-state index contributed by atoms with van der Waals surface area (Å²) in [4.78, 5) is 0.576. The van der Waals surface area contributed by atoms with Gasteiger partial charge in [-0.2, -0.15) is 8.78 Å². The zero-order valence-corrected chi connectivity index (χ0v) is 11.2. The molecule has 0 amide bonds. The largest absolute Gasteiger partial charge is 0.320 e. The molecule has 1 aromatic carbocycles. The van der Waals surface area contributed by atoms with E-state index in [0.717, 1.165) is 11.4 Å². The first-order valence-electron chi connectivity index (χ1n) is 5.72. The molecule has 19 heavy (non-hydrogen) atoms. The molecule has 1 N–H and O–H groups in total. The summed E-state index contributed by atoms with van der Waals surface area (Å²) in [5, 5.41) is 11.0. The highest BCUT2D eigenvalue weighted by atomic mass is 32.2. The van der Waals surface area contributed by atoms with Crippen LogP contribution in [0.4, 0.5) is 8.78 Å². The summed E-state index contributed by atoms with van der Waals surface area (Å²) in [7, 11) is 1.88. The number of nitrogens with zero attached hydrogens (tertiary/aromatic N) is 3. The first kappa shape index (κ1) is 14.0. The van der Waals surface area contributed by atoms with E-state index in [0.29, 0.717) is 29.7 Å². The number of benzene rings is 1. The van der Waals surface area contributed by atoms with Crippen LogP contribution < -0.4 is 5.32 Å². The van der Waals surface area contributed by atoms with Gasteiger partial charge in [0.05, 0.1) is 6.54 Å². The lowest BCUT2D eigenvalue weighted by molar-refractivity contribution is 0.252. The molecule has 1 heterocycles. The van der Waals surface area contributed by atoms with Gasteiger partial charge in [0.2, 0.25) is 0 Å². The zero-order valence-electron chi connectivity index (χ0n) is 10.4. The van der Waals surface area contributed by atoms with Crippen LogP contribution in [-0.4, -0.2) is 20.5 Å². The third-order valence-corrected chi connectivity index (χ3v) is 3.29. The maximum absolute atomic E-state index is 12.2. The molecule has 0 unspecified atom stereocenters. The summed E-state index contributed by atoms with van der Waals surface area (Å²) in [6.07, 6.45) is 1.65. The second-order valence-electron chi connectivity index (χ2n) is 3.98. The lowest BCUT2D eigenvalue weighted by Gasteiger charge is -2.05. The van der Waals surface area contributed by atoms with E-state index in [4.69, 9.17) is 0 Å². The number of aryl methyl sites for hydroxylation is 1. The summed E-state index contributed by atoms with van der Waals surface area (Å²) in [5.74, 6) is -1.52. The molecule has 0 saturated heterocycles. The summed E-state index contributed by atoms with van der Waals surface area (Å²) in [6, 6.07) is 7.09. The van der Waals surface area contributed by atoms with Crippen LogP contribution in [0.2, 0.25) is 0 Å². The van der Waals surface area contributed by atoms with E-state index >= 15 is 0 Å². The number of halogens is 2. The zero-order chi connectivity index (χ0) is 13.7. The predicted molar refractivity (Wildman–Crippen MR) is 69.8 cm³/mol. The lowest BCUT2D eigenvalue weighted by atomic mass is 10.2. The Labute approximate surface area is 114 Å². The monoisotopic (exact) mass is 284 g/mol. The molecular formula is C12H14F2N4S. The fourth-order valence-electron chi connectivity index (χ4n) is 1.57. The van der Waals surface area contributed by atoms with Crippen molar-refractivity contribution in [3.8, 4) is 0 Å². The van der Waals surface area contributed by atoms with E-state index in [1.165, 1.54) is 0 Å². The number of aromatic nitrogens is 3. The van der Waals surface area contributed by atoms with Crippen LogP contribution in [0.25, 0.3) is 0 Å².